The van der Waals surface area contributed by atoms with E-state index in [-0.39, 0.29) is 19.1 Å². The van der Waals surface area contributed by atoms with E-state index in [9.17, 15) is 4.79 Å². The van der Waals surface area contributed by atoms with Crippen LogP contribution < -0.4 is 10.1 Å². The number of hydrogen-bond acceptors (Lipinski definition) is 7. The van der Waals surface area contributed by atoms with Crippen LogP contribution >= 0.6 is 23.5 Å². The lowest BCUT2D eigenvalue weighted by molar-refractivity contribution is -0.117. The Morgan fingerprint density at radius 2 is 1.96 bits per heavy atom. The monoisotopic (exact) mass is 413 g/mol. The lowest BCUT2D eigenvalue weighted by Crippen LogP contribution is -2.20. The molecule has 7 nitrogen and oxygen atoms in total. The molecule has 0 saturated carbocycles. The second-order valence-corrected chi connectivity index (χ2v) is 8.81. The average Bonchev–Trinajstić information content (AvgIpc) is 3.40. The second kappa shape index (κ2) is 9.11. The van der Waals surface area contributed by atoms with Gasteiger partial charge in [-0.3, -0.25) is 4.79 Å². The van der Waals surface area contributed by atoms with Crippen LogP contribution in [0.25, 0.3) is 0 Å². The van der Waals surface area contributed by atoms with Crippen molar-refractivity contribution in [3.05, 3.63) is 66.0 Å². The zero-order valence-electron chi connectivity index (χ0n) is 15.0. The summed E-state index contributed by atoms with van der Waals surface area (Å²) in [5.41, 5.74) is 2.01. The third-order valence-corrected chi connectivity index (χ3v) is 7.06. The third kappa shape index (κ3) is 5.05. The van der Waals surface area contributed by atoms with Gasteiger partial charge in [0.1, 0.15) is 12.3 Å². The number of amides is 1. The number of para-hydroxylation sites is 1. The van der Waals surface area contributed by atoms with E-state index in [2.05, 4.69) is 26.8 Å². The molecule has 0 atom stereocenters. The number of aromatic nitrogens is 4. The predicted molar refractivity (Wildman–Crippen MR) is 111 cm³/mol. The number of thioether (sulfide) groups is 2. The molecule has 1 amide bonds. The lowest BCUT2D eigenvalue weighted by atomic mass is 10.2. The van der Waals surface area contributed by atoms with Crippen LogP contribution in [-0.2, 0) is 17.9 Å². The van der Waals surface area contributed by atoms with Crippen molar-refractivity contribution in [2.45, 2.75) is 17.7 Å². The first-order valence-corrected chi connectivity index (χ1v) is 10.9. The van der Waals surface area contributed by atoms with Gasteiger partial charge in [0.15, 0.2) is 6.61 Å². The predicted octanol–water partition coefficient (Wildman–Crippen LogP) is 3.37. The van der Waals surface area contributed by atoms with E-state index in [1.165, 1.54) is 21.9 Å². The van der Waals surface area contributed by atoms with Crippen LogP contribution in [0.15, 0.2) is 54.6 Å². The van der Waals surface area contributed by atoms with Gasteiger partial charge in [-0.15, -0.1) is 33.7 Å². The Bertz CT molecular complexity index is 929. The number of nitrogens with one attached hydrogen (secondary N) is 1. The van der Waals surface area contributed by atoms with Gasteiger partial charge < -0.3 is 10.1 Å². The summed E-state index contributed by atoms with van der Waals surface area (Å²) in [5.74, 6) is 3.29. The summed E-state index contributed by atoms with van der Waals surface area (Å²) in [6, 6.07) is 17.4. The van der Waals surface area contributed by atoms with E-state index in [0.717, 1.165) is 11.4 Å². The summed E-state index contributed by atoms with van der Waals surface area (Å²) >= 11 is 3.87. The van der Waals surface area contributed by atoms with E-state index < -0.39 is 0 Å². The molecule has 0 spiro atoms. The molecular weight excluding hydrogens is 394 g/mol. The van der Waals surface area contributed by atoms with Crippen LogP contribution in [0.3, 0.4) is 0 Å². The number of hydrogen-bond donors (Lipinski definition) is 1. The normalized spacial score (nSPS) is 14.1. The molecule has 1 N–H and O–H groups in total. The minimum Gasteiger partial charge on any atom is -0.485 e. The second-order valence-electron chi connectivity index (χ2n) is 6.08. The van der Waals surface area contributed by atoms with Gasteiger partial charge in [-0.05, 0) is 35.0 Å². The van der Waals surface area contributed by atoms with Gasteiger partial charge >= 0.3 is 0 Å². The molecule has 0 aliphatic carbocycles. The highest BCUT2D eigenvalue weighted by Crippen LogP contribution is 2.45. The van der Waals surface area contributed by atoms with Gasteiger partial charge in [-0.25, -0.2) is 0 Å². The summed E-state index contributed by atoms with van der Waals surface area (Å²) in [7, 11) is 0. The summed E-state index contributed by atoms with van der Waals surface area (Å²) < 4.78 is 6.03. The summed E-state index contributed by atoms with van der Waals surface area (Å²) in [6.45, 7) is 0.194. The van der Waals surface area contributed by atoms with Crippen LogP contribution in [0.4, 0.5) is 5.69 Å². The van der Waals surface area contributed by atoms with Crippen molar-refractivity contribution in [2.75, 3.05) is 16.8 Å². The van der Waals surface area contributed by atoms with Gasteiger partial charge in [-0.2, -0.15) is 4.80 Å². The molecule has 3 aromatic rings. The standard InChI is InChI=1S/C19H19N5O2S2/c25-18(20-15-6-4-5-14(11-15)19-27-9-10-28-19)12-24-22-17(21-23-24)13-26-16-7-2-1-3-8-16/h1-8,11,19H,9-10,12-13H2,(H,20,25). The maximum absolute atomic E-state index is 12.3. The molecule has 0 bridgehead atoms. The molecule has 2 aromatic carbocycles. The number of ether oxygens (including phenoxy) is 1. The van der Waals surface area contributed by atoms with Crippen molar-refractivity contribution in [1.29, 1.82) is 0 Å². The molecule has 28 heavy (non-hydrogen) atoms. The van der Waals surface area contributed by atoms with Crippen molar-refractivity contribution in [3.63, 3.8) is 0 Å². The van der Waals surface area contributed by atoms with Crippen molar-refractivity contribution >= 4 is 35.1 Å². The van der Waals surface area contributed by atoms with Crippen molar-refractivity contribution in [3.8, 4) is 5.75 Å². The highest BCUT2D eigenvalue weighted by atomic mass is 32.2. The van der Waals surface area contributed by atoms with Gasteiger partial charge in [-0.1, -0.05) is 30.3 Å². The van der Waals surface area contributed by atoms with Crippen LogP contribution in [0.1, 0.15) is 16.0 Å². The SMILES string of the molecule is O=C(Cn1nnc(COc2ccccc2)n1)Nc1cccc(C2SCCS2)c1. The highest BCUT2D eigenvalue weighted by molar-refractivity contribution is 8.19. The largest absolute Gasteiger partial charge is 0.485 e. The molecule has 1 aliphatic heterocycles. The van der Waals surface area contributed by atoms with E-state index in [1.807, 2.05) is 72.1 Å². The molecule has 2 heterocycles. The molecule has 0 unspecified atom stereocenters. The average molecular weight is 414 g/mol. The first-order chi connectivity index (χ1) is 13.8. The van der Waals surface area contributed by atoms with Gasteiger partial charge in [0, 0.05) is 17.2 Å². The number of benzene rings is 2. The molecule has 1 fully saturated rings. The number of carbonyl (C=O) groups is 1. The molecule has 144 valence electrons. The Morgan fingerprint density at radius 1 is 1.14 bits per heavy atom. The first kappa shape index (κ1) is 18.8. The zero-order chi connectivity index (χ0) is 19.2. The first-order valence-electron chi connectivity index (χ1n) is 8.84. The molecule has 1 aromatic heterocycles. The van der Waals surface area contributed by atoms with Crippen LogP contribution in [0, 0.1) is 0 Å². The summed E-state index contributed by atoms with van der Waals surface area (Å²) in [6.07, 6.45) is 0. The molecule has 9 heteroatoms. The van der Waals surface area contributed by atoms with E-state index in [1.54, 1.807) is 0 Å². The Kier molecular flexibility index (Phi) is 6.13. The number of rotatable bonds is 7. The van der Waals surface area contributed by atoms with Crippen LogP contribution in [-0.4, -0.2) is 37.6 Å². The quantitative estimate of drug-likeness (QED) is 0.636. The number of carbonyl (C=O) groups excluding carboxylic acids is 1. The highest BCUT2D eigenvalue weighted by Gasteiger charge is 2.18. The third-order valence-electron chi connectivity index (χ3n) is 3.95. The number of tetrazole rings is 1. The Morgan fingerprint density at radius 3 is 2.79 bits per heavy atom. The zero-order valence-corrected chi connectivity index (χ0v) is 16.7. The molecule has 0 radical (unpaired) electrons. The summed E-state index contributed by atoms with van der Waals surface area (Å²) in [4.78, 5) is 13.6. The smallest absolute Gasteiger partial charge is 0.248 e. The topological polar surface area (TPSA) is 81.9 Å². The fourth-order valence-corrected chi connectivity index (χ4v) is 5.55. The Balaban J connectivity index is 1.30. The Hall–Kier alpha value is -2.52. The van der Waals surface area contributed by atoms with Crippen LogP contribution in [0.5, 0.6) is 5.75 Å². The van der Waals surface area contributed by atoms with Gasteiger partial charge in [0.05, 0.1) is 4.58 Å². The minimum atomic E-state index is -0.197. The number of nitrogens with zero attached hydrogens (tertiary/aromatic N) is 4. The number of anilines is 1. The van der Waals surface area contributed by atoms with Gasteiger partial charge in [0.2, 0.25) is 11.7 Å². The van der Waals surface area contributed by atoms with E-state index >= 15 is 0 Å². The van der Waals surface area contributed by atoms with Crippen molar-refractivity contribution < 1.29 is 9.53 Å². The van der Waals surface area contributed by atoms with E-state index in [4.69, 9.17) is 4.74 Å². The molecular formula is C19H19N5O2S2. The van der Waals surface area contributed by atoms with Crippen molar-refractivity contribution in [1.82, 2.24) is 20.2 Å². The minimum absolute atomic E-state index is 0.00447. The maximum atomic E-state index is 12.3. The fraction of sp³-hybridized carbons (Fsp3) is 0.263. The van der Waals surface area contributed by atoms with Crippen molar-refractivity contribution in [2.24, 2.45) is 0 Å². The lowest BCUT2D eigenvalue weighted by Gasteiger charge is -2.11. The molecule has 1 aliphatic rings. The molecule has 1 saturated heterocycles. The van der Waals surface area contributed by atoms with Crippen LogP contribution in [0.2, 0.25) is 0 Å². The fourth-order valence-electron chi connectivity index (χ4n) is 2.71. The van der Waals surface area contributed by atoms with E-state index in [0.29, 0.717) is 10.4 Å². The van der Waals surface area contributed by atoms with Gasteiger partial charge in [0.25, 0.3) is 0 Å². The molecule has 4 rings (SSSR count). The Labute approximate surface area is 171 Å². The maximum Gasteiger partial charge on any atom is 0.248 e. The summed E-state index contributed by atoms with van der Waals surface area (Å²) in [5, 5.41) is 14.9.